The van der Waals surface area contributed by atoms with E-state index in [1.54, 1.807) is 0 Å². The molecule has 108 valence electrons. The van der Waals surface area contributed by atoms with Crippen molar-refractivity contribution in [3.05, 3.63) is 54.4 Å². The largest absolute Gasteiger partial charge is 0.355 e. The van der Waals surface area contributed by atoms with Gasteiger partial charge in [0.15, 0.2) is 0 Å². The number of rotatable bonds is 5. The molecule has 0 unspecified atom stereocenters. The highest BCUT2D eigenvalue weighted by molar-refractivity contribution is 5.84. The van der Waals surface area contributed by atoms with Crippen molar-refractivity contribution >= 4 is 16.7 Å². The molecule has 3 aromatic rings. The van der Waals surface area contributed by atoms with Crippen LogP contribution in [-0.4, -0.2) is 16.1 Å². The van der Waals surface area contributed by atoms with Crippen LogP contribution in [0.2, 0.25) is 0 Å². The normalized spacial score (nSPS) is 11.0. The van der Waals surface area contributed by atoms with Gasteiger partial charge >= 0.3 is 0 Å². The molecular formula is C18H21N3. The third-order valence-electron chi connectivity index (χ3n) is 3.65. The Kier molecular flexibility index (Phi) is 3.91. The third-order valence-corrected chi connectivity index (χ3v) is 3.65. The first-order valence-electron chi connectivity index (χ1n) is 7.57. The first kappa shape index (κ1) is 13.7. The minimum atomic E-state index is 0.927. The van der Waals surface area contributed by atoms with Crippen LogP contribution in [0.5, 0.6) is 0 Å². The molecule has 21 heavy (non-hydrogen) atoms. The molecule has 3 nitrogen and oxygen atoms in total. The van der Waals surface area contributed by atoms with Crippen molar-refractivity contribution in [2.45, 2.75) is 26.7 Å². The number of nitrogens with one attached hydrogen (secondary N) is 1. The Morgan fingerprint density at radius 3 is 2.71 bits per heavy atom. The van der Waals surface area contributed by atoms with E-state index in [0.29, 0.717) is 0 Å². The smallest absolute Gasteiger partial charge is 0.207 e. The molecule has 0 aliphatic rings. The summed E-state index contributed by atoms with van der Waals surface area (Å²) >= 11 is 0. The fraction of sp³-hybridized carbons (Fsp3) is 0.278. The van der Waals surface area contributed by atoms with Gasteiger partial charge in [-0.1, -0.05) is 43.7 Å². The van der Waals surface area contributed by atoms with Crippen LogP contribution in [-0.2, 0) is 0 Å². The Bertz CT molecular complexity index is 743. The topological polar surface area (TPSA) is 29.9 Å². The lowest BCUT2D eigenvalue weighted by Gasteiger charge is -2.10. The highest BCUT2D eigenvalue weighted by atomic mass is 15.2. The Hall–Kier alpha value is -2.29. The standard InChI is InChI=1S/C18H21N3/c1-3-4-11-19-18-20-14(2)13-21(18)17-10-9-15-7-5-6-8-16(15)12-17/h5-10,12-13H,3-4,11H2,1-2H3,(H,19,20). The number of fused-ring (bicyclic) bond motifs is 1. The number of nitrogens with zero attached hydrogens (tertiary/aromatic N) is 2. The fourth-order valence-corrected chi connectivity index (χ4v) is 2.52. The molecule has 0 atom stereocenters. The van der Waals surface area contributed by atoms with E-state index in [9.17, 15) is 0 Å². The van der Waals surface area contributed by atoms with Crippen molar-refractivity contribution in [3.8, 4) is 5.69 Å². The van der Waals surface area contributed by atoms with E-state index in [-0.39, 0.29) is 0 Å². The fourth-order valence-electron chi connectivity index (χ4n) is 2.52. The average Bonchev–Trinajstić information content (AvgIpc) is 2.88. The highest BCUT2D eigenvalue weighted by Crippen LogP contribution is 2.22. The lowest BCUT2D eigenvalue weighted by molar-refractivity contribution is 0.823. The minimum Gasteiger partial charge on any atom is -0.355 e. The van der Waals surface area contributed by atoms with Gasteiger partial charge in [0.05, 0.1) is 5.69 Å². The Balaban J connectivity index is 1.97. The van der Waals surface area contributed by atoms with Crippen LogP contribution in [0.3, 0.4) is 0 Å². The van der Waals surface area contributed by atoms with Crippen LogP contribution < -0.4 is 5.32 Å². The third kappa shape index (κ3) is 2.92. The molecule has 0 radical (unpaired) electrons. The van der Waals surface area contributed by atoms with Gasteiger partial charge in [-0.3, -0.25) is 4.57 Å². The summed E-state index contributed by atoms with van der Waals surface area (Å²) < 4.78 is 2.14. The quantitative estimate of drug-likeness (QED) is 0.695. The predicted octanol–water partition coefficient (Wildman–Crippen LogP) is 4.55. The van der Waals surface area contributed by atoms with Gasteiger partial charge in [0, 0.05) is 18.4 Å². The molecule has 3 heteroatoms. The van der Waals surface area contributed by atoms with E-state index >= 15 is 0 Å². The highest BCUT2D eigenvalue weighted by Gasteiger charge is 2.07. The number of hydrogen-bond acceptors (Lipinski definition) is 2. The molecule has 3 rings (SSSR count). The van der Waals surface area contributed by atoms with Gasteiger partial charge in [-0.15, -0.1) is 0 Å². The summed E-state index contributed by atoms with van der Waals surface area (Å²) in [7, 11) is 0. The first-order valence-corrected chi connectivity index (χ1v) is 7.57. The van der Waals surface area contributed by atoms with Crippen molar-refractivity contribution in [2.24, 2.45) is 0 Å². The van der Waals surface area contributed by atoms with Gasteiger partial charge in [0.1, 0.15) is 0 Å². The molecular weight excluding hydrogens is 258 g/mol. The lowest BCUT2D eigenvalue weighted by atomic mass is 10.1. The number of aromatic nitrogens is 2. The van der Waals surface area contributed by atoms with Gasteiger partial charge in [-0.25, -0.2) is 4.98 Å². The van der Waals surface area contributed by atoms with E-state index in [0.717, 1.165) is 30.3 Å². The molecule has 1 N–H and O–H groups in total. The monoisotopic (exact) mass is 279 g/mol. The minimum absolute atomic E-state index is 0.927. The maximum Gasteiger partial charge on any atom is 0.207 e. The van der Waals surface area contributed by atoms with Gasteiger partial charge in [-0.05, 0) is 36.2 Å². The molecule has 2 aromatic carbocycles. The molecule has 0 spiro atoms. The summed E-state index contributed by atoms with van der Waals surface area (Å²) in [5.74, 6) is 0.927. The van der Waals surface area contributed by atoms with Crippen LogP contribution in [0, 0.1) is 6.92 Å². The van der Waals surface area contributed by atoms with Gasteiger partial charge < -0.3 is 5.32 Å². The molecule has 0 saturated carbocycles. The Morgan fingerprint density at radius 2 is 1.90 bits per heavy atom. The average molecular weight is 279 g/mol. The number of unbranched alkanes of at least 4 members (excludes halogenated alkanes) is 1. The van der Waals surface area contributed by atoms with Crippen molar-refractivity contribution < 1.29 is 0 Å². The molecule has 0 saturated heterocycles. The van der Waals surface area contributed by atoms with E-state index < -0.39 is 0 Å². The maximum atomic E-state index is 4.59. The molecule has 0 fully saturated rings. The van der Waals surface area contributed by atoms with Crippen LogP contribution in [0.25, 0.3) is 16.5 Å². The van der Waals surface area contributed by atoms with Gasteiger partial charge in [0.2, 0.25) is 5.95 Å². The van der Waals surface area contributed by atoms with E-state index in [2.05, 4.69) is 70.5 Å². The zero-order chi connectivity index (χ0) is 14.7. The number of aryl methyl sites for hydroxylation is 1. The molecule has 0 bridgehead atoms. The van der Waals surface area contributed by atoms with E-state index in [1.807, 2.05) is 6.92 Å². The van der Waals surface area contributed by atoms with Crippen molar-refractivity contribution in [3.63, 3.8) is 0 Å². The first-order chi connectivity index (χ1) is 10.3. The van der Waals surface area contributed by atoms with Crippen molar-refractivity contribution in [2.75, 3.05) is 11.9 Å². The van der Waals surface area contributed by atoms with Gasteiger partial charge in [0.25, 0.3) is 0 Å². The van der Waals surface area contributed by atoms with Crippen LogP contribution in [0.4, 0.5) is 5.95 Å². The number of benzene rings is 2. The summed E-state index contributed by atoms with van der Waals surface area (Å²) in [5.41, 5.74) is 2.18. The van der Waals surface area contributed by atoms with Crippen molar-refractivity contribution in [1.82, 2.24) is 9.55 Å². The molecule has 1 aromatic heterocycles. The SMILES string of the molecule is CCCCNc1nc(C)cn1-c1ccc2ccccc2c1. The van der Waals surface area contributed by atoms with Crippen LogP contribution in [0.1, 0.15) is 25.5 Å². The summed E-state index contributed by atoms with van der Waals surface area (Å²) in [6.45, 7) is 5.19. The van der Waals surface area contributed by atoms with Crippen LogP contribution >= 0.6 is 0 Å². The van der Waals surface area contributed by atoms with E-state index in [1.165, 1.54) is 17.2 Å². The molecule has 0 aliphatic carbocycles. The number of imidazole rings is 1. The maximum absolute atomic E-state index is 4.59. The number of anilines is 1. The Labute approximate surface area is 125 Å². The second kappa shape index (κ2) is 6.00. The van der Waals surface area contributed by atoms with Gasteiger partial charge in [-0.2, -0.15) is 0 Å². The second-order valence-electron chi connectivity index (χ2n) is 5.39. The Morgan fingerprint density at radius 1 is 1.10 bits per heavy atom. The van der Waals surface area contributed by atoms with Crippen LogP contribution in [0.15, 0.2) is 48.7 Å². The van der Waals surface area contributed by atoms with E-state index in [4.69, 9.17) is 0 Å². The van der Waals surface area contributed by atoms with Crippen molar-refractivity contribution in [1.29, 1.82) is 0 Å². The summed E-state index contributed by atoms with van der Waals surface area (Å²) in [6.07, 6.45) is 4.42. The summed E-state index contributed by atoms with van der Waals surface area (Å²) in [6, 6.07) is 14.9. The molecule has 1 heterocycles. The number of hydrogen-bond donors (Lipinski definition) is 1. The summed E-state index contributed by atoms with van der Waals surface area (Å²) in [5, 5.41) is 5.95. The lowest BCUT2D eigenvalue weighted by Crippen LogP contribution is -2.07. The molecule has 0 aliphatic heterocycles. The summed E-state index contributed by atoms with van der Waals surface area (Å²) in [4.78, 5) is 4.59. The second-order valence-corrected chi connectivity index (χ2v) is 5.39. The predicted molar refractivity (Wildman–Crippen MR) is 89.2 cm³/mol. The zero-order valence-corrected chi connectivity index (χ0v) is 12.6. The zero-order valence-electron chi connectivity index (χ0n) is 12.6. The molecule has 0 amide bonds.